The minimum Gasteiger partial charge on any atom is -0.308 e. The van der Waals surface area contributed by atoms with Crippen molar-refractivity contribution >= 4 is 23.4 Å². The molecule has 0 aliphatic carbocycles. The van der Waals surface area contributed by atoms with Crippen molar-refractivity contribution in [2.45, 2.75) is 42.6 Å². The Morgan fingerprint density at radius 3 is 2.38 bits per heavy atom. The summed E-state index contributed by atoms with van der Waals surface area (Å²) in [5, 5.41) is 4.02. The molecule has 0 aromatic heterocycles. The summed E-state index contributed by atoms with van der Waals surface area (Å²) < 4.78 is 14.1. The van der Waals surface area contributed by atoms with Gasteiger partial charge in [0.2, 0.25) is 0 Å². The fourth-order valence-corrected chi connectivity index (χ4v) is 3.05. The quantitative estimate of drug-likeness (QED) is 0.795. The van der Waals surface area contributed by atoms with Crippen molar-refractivity contribution in [2.75, 3.05) is 0 Å². The van der Waals surface area contributed by atoms with Crippen LogP contribution in [0.25, 0.3) is 0 Å². The summed E-state index contributed by atoms with van der Waals surface area (Å²) >= 11 is 7.68. The number of halogens is 2. The first kappa shape index (κ1) is 16.3. The van der Waals surface area contributed by atoms with Gasteiger partial charge in [0, 0.05) is 27.4 Å². The molecule has 21 heavy (non-hydrogen) atoms. The van der Waals surface area contributed by atoms with Crippen molar-refractivity contribution in [2.24, 2.45) is 0 Å². The zero-order valence-corrected chi connectivity index (χ0v) is 14.0. The number of hydrogen-bond acceptors (Lipinski definition) is 2. The van der Waals surface area contributed by atoms with Crippen molar-refractivity contribution in [3.63, 3.8) is 0 Å². The highest BCUT2D eigenvalue weighted by molar-refractivity contribution is 7.99. The van der Waals surface area contributed by atoms with E-state index >= 15 is 0 Å². The van der Waals surface area contributed by atoms with Gasteiger partial charge in [-0.1, -0.05) is 41.6 Å². The Morgan fingerprint density at radius 1 is 1.05 bits per heavy atom. The number of benzene rings is 2. The van der Waals surface area contributed by atoms with E-state index in [9.17, 15) is 4.39 Å². The Hall–Kier alpha value is -1.03. The van der Waals surface area contributed by atoms with Gasteiger partial charge in [-0.05, 0) is 45.0 Å². The second kappa shape index (κ2) is 6.82. The summed E-state index contributed by atoms with van der Waals surface area (Å²) in [5.41, 5.74) is 0.617. The van der Waals surface area contributed by atoms with Gasteiger partial charge in [-0.2, -0.15) is 0 Å². The van der Waals surface area contributed by atoms with E-state index in [0.29, 0.717) is 17.1 Å². The normalized spacial score (nSPS) is 11.7. The van der Waals surface area contributed by atoms with Crippen molar-refractivity contribution in [3.8, 4) is 0 Å². The second-order valence-corrected chi connectivity index (χ2v) is 7.34. The highest BCUT2D eigenvalue weighted by atomic mass is 35.5. The molecule has 0 fully saturated rings. The van der Waals surface area contributed by atoms with E-state index in [1.54, 1.807) is 6.07 Å². The van der Waals surface area contributed by atoms with Crippen molar-refractivity contribution in [1.82, 2.24) is 5.32 Å². The summed E-state index contributed by atoms with van der Waals surface area (Å²) in [7, 11) is 0. The average Bonchev–Trinajstić information content (AvgIpc) is 2.39. The van der Waals surface area contributed by atoms with E-state index in [1.807, 2.05) is 30.3 Å². The van der Waals surface area contributed by atoms with Gasteiger partial charge in [-0.3, -0.25) is 0 Å². The molecular formula is C17H19ClFNS. The van der Waals surface area contributed by atoms with Crippen LogP contribution in [0.15, 0.2) is 52.3 Å². The molecule has 112 valence electrons. The molecule has 0 spiro atoms. The van der Waals surface area contributed by atoms with E-state index in [4.69, 9.17) is 11.6 Å². The van der Waals surface area contributed by atoms with Crippen molar-refractivity contribution in [1.29, 1.82) is 0 Å². The van der Waals surface area contributed by atoms with Crippen molar-refractivity contribution in [3.05, 3.63) is 58.9 Å². The molecule has 2 rings (SSSR count). The summed E-state index contributed by atoms with van der Waals surface area (Å²) in [6.07, 6.45) is 0. The van der Waals surface area contributed by atoms with Crippen LogP contribution in [0.2, 0.25) is 5.02 Å². The zero-order chi connectivity index (χ0) is 15.5. The van der Waals surface area contributed by atoms with Crippen LogP contribution in [-0.4, -0.2) is 5.54 Å². The van der Waals surface area contributed by atoms with E-state index < -0.39 is 0 Å². The van der Waals surface area contributed by atoms with E-state index in [0.717, 1.165) is 9.79 Å². The molecule has 0 heterocycles. The minimum absolute atomic E-state index is 0.0609. The van der Waals surface area contributed by atoms with E-state index in [1.165, 1.54) is 17.8 Å². The number of hydrogen-bond donors (Lipinski definition) is 1. The Morgan fingerprint density at radius 2 is 1.71 bits per heavy atom. The van der Waals surface area contributed by atoms with Crippen LogP contribution >= 0.6 is 23.4 Å². The summed E-state index contributed by atoms with van der Waals surface area (Å²) in [4.78, 5) is 1.82. The smallest absolute Gasteiger partial charge is 0.128 e. The maximum absolute atomic E-state index is 14.1. The Kier molecular flexibility index (Phi) is 5.31. The zero-order valence-electron chi connectivity index (χ0n) is 12.4. The highest BCUT2D eigenvalue weighted by Gasteiger charge is 2.14. The third kappa shape index (κ3) is 4.73. The fourth-order valence-electron chi connectivity index (χ4n) is 1.81. The predicted octanol–water partition coefficient (Wildman–Crippen LogP) is 5.52. The number of rotatable bonds is 4. The van der Waals surface area contributed by atoms with Crippen LogP contribution in [0.1, 0.15) is 26.3 Å². The molecule has 1 N–H and O–H groups in total. The summed E-state index contributed by atoms with van der Waals surface area (Å²) in [5.74, 6) is -0.191. The Labute approximate surface area is 134 Å². The van der Waals surface area contributed by atoms with Crippen LogP contribution < -0.4 is 5.32 Å². The van der Waals surface area contributed by atoms with Gasteiger partial charge in [0.05, 0.1) is 5.02 Å². The topological polar surface area (TPSA) is 12.0 Å². The van der Waals surface area contributed by atoms with Crippen LogP contribution in [0.3, 0.4) is 0 Å². The SMILES string of the molecule is CC(C)(C)NCc1c(F)cccc1Sc1ccccc1Cl. The maximum Gasteiger partial charge on any atom is 0.128 e. The molecular weight excluding hydrogens is 305 g/mol. The standard InChI is InChI=1S/C17H19ClFNS/c1-17(2,3)20-11-12-14(19)8-6-10-15(12)21-16-9-5-4-7-13(16)18/h4-10,20H,11H2,1-3H3. The molecule has 2 aromatic rings. The molecule has 0 atom stereocenters. The first-order valence-electron chi connectivity index (χ1n) is 6.81. The van der Waals surface area contributed by atoms with Crippen LogP contribution in [0, 0.1) is 5.82 Å². The van der Waals surface area contributed by atoms with Crippen LogP contribution in [0.4, 0.5) is 4.39 Å². The molecule has 0 bridgehead atoms. The monoisotopic (exact) mass is 323 g/mol. The van der Waals surface area contributed by atoms with Gasteiger partial charge in [0.25, 0.3) is 0 Å². The first-order valence-corrected chi connectivity index (χ1v) is 8.01. The molecule has 0 unspecified atom stereocenters. The maximum atomic E-state index is 14.1. The molecule has 0 aliphatic rings. The van der Waals surface area contributed by atoms with E-state index in [-0.39, 0.29) is 11.4 Å². The van der Waals surface area contributed by atoms with Gasteiger partial charge in [0.1, 0.15) is 5.82 Å². The molecule has 0 aliphatic heterocycles. The summed E-state index contributed by atoms with van der Waals surface area (Å²) in [6.45, 7) is 6.68. The van der Waals surface area contributed by atoms with Gasteiger partial charge in [-0.25, -0.2) is 4.39 Å². The van der Waals surface area contributed by atoms with Gasteiger partial charge >= 0.3 is 0 Å². The molecule has 2 aromatic carbocycles. The predicted molar refractivity (Wildman–Crippen MR) is 88.6 cm³/mol. The molecule has 0 radical (unpaired) electrons. The first-order chi connectivity index (χ1) is 9.87. The Bertz CT molecular complexity index is 622. The van der Waals surface area contributed by atoms with E-state index in [2.05, 4.69) is 26.1 Å². The van der Waals surface area contributed by atoms with Crippen LogP contribution in [-0.2, 0) is 6.54 Å². The lowest BCUT2D eigenvalue weighted by molar-refractivity contribution is 0.416. The lowest BCUT2D eigenvalue weighted by atomic mass is 10.1. The molecule has 1 nitrogen and oxygen atoms in total. The molecule has 0 saturated heterocycles. The van der Waals surface area contributed by atoms with Crippen LogP contribution in [0.5, 0.6) is 0 Å². The average molecular weight is 324 g/mol. The molecule has 0 amide bonds. The Balaban J connectivity index is 2.27. The number of nitrogens with one attached hydrogen (secondary N) is 1. The molecule has 0 saturated carbocycles. The van der Waals surface area contributed by atoms with Gasteiger partial charge < -0.3 is 5.32 Å². The lowest BCUT2D eigenvalue weighted by Crippen LogP contribution is -2.35. The lowest BCUT2D eigenvalue weighted by Gasteiger charge is -2.22. The third-order valence-corrected chi connectivity index (χ3v) is 4.55. The van der Waals surface area contributed by atoms with Gasteiger partial charge in [-0.15, -0.1) is 0 Å². The summed E-state index contributed by atoms with van der Waals surface area (Å²) in [6, 6.07) is 12.8. The minimum atomic E-state index is -0.191. The van der Waals surface area contributed by atoms with Gasteiger partial charge in [0.15, 0.2) is 0 Å². The third-order valence-electron chi connectivity index (χ3n) is 2.93. The van der Waals surface area contributed by atoms with Crippen molar-refractivity contribution < 1.29 is 4.39 Å². The fraction of sp³-hybridized carbons (Fsp3) is 0.294. The second-order valence-electron chi connectivity index (χ2n) is 5.85. The molecule has 4 heteroatoms. The largest absolute Gasteiger partial charge is 0.308 e. The highest BCUT2D eigenvalue weighted by Crippen LogP contribution is 2.35.